The van der Waals surface area contributed by atoms with E-state index in [0.29, 0.717) is 11.3 Å². The third-order valence-corrected chi connectivity index (χ3v) is 3.79. The zero-order chi connectivity index (χ0) is 15.6. The number of nitrogens with zero attached hydrogens (tertiary/aromatic N) is 2. The van der Waals surface area contributed by atoms with Crippen LogP contribution in [0.2, 0.25) is 0 Å². The predicted octanol–water partition coefficient (Wildman–Crippen LogP) is 4.10. The van der Waals surface area contributed by atoms with Crippen LogP contribution in [0.3, 0.4) is 0 Å². The fraction of sp³-hybridized carbons (Fsp3) is 0. The van der Waals surface area contributed by atoms with Crippen LogP contribution in [0.4, 0.5) is 0 Å². The molecule has 3 aromatic heterocycles. The standard InChI is InChI=1S/C19H13N3O/c23-12-14-7-4-8-20-18(14)16-9-15-10-17(22-19(15)21-11-16)13-5-2-1-3-6-13/h1-12H,(H,21,22). The molecule has 0 spiro atoms. The molecule has 0 atom stereocenters. The Labute approximate surface area is 132 Å². The number of carbonyl (C=O) groups excluding carboxylic acids is 1. The Morgan fingerprint density at radius 2 is 1.78 bits per heavy atom. The van der Waals surface area contributed by atoms with Crippen LogP contribution in [0.1, 0.15) is 10.4 Å². The van der Waals surface area contributed by atoms with Crippen molar-refractivity contribution >= 4 is 17.3 Å². The Kier molecular flexibility index (Phi) is 3.20. The van der Waals surface area contributed by atoms with E-state index in [1.807, 2.05) is 24.3 Å². The van der Waals surface area contributed by atoms with E-state index in [9.17, 15) is 4.79 Å². The fourth-order valence-electron chi connectivity index (χ4n) is 2.67. The Morgan fingerprint density at radius 3 is 2.61 bits per heavy atom. The number of aldehydes is 1. The minimum Gasteiger partial charge on any atom is -0.339 e. The first-order valence-corrected chi connectivity index (χ1v) is 7.30. The number of benzene rings is 1. The van der Waals surface area contributed by atoms with Gasteiger partial charge in [-0.1, -0.05) is 30.3 Å². The van der Waals surface area contributed by atoms with E-state index in [1.54, 1.807) is 24.5 Å². The molecule has 0 unspecified atom stereocenters. The lowest BCUT2D eigenvalue weighted by Crippen LogP contribution is -1.91. The molecule has 4 nitrogen and oxygen atoms in total. The molecule has 3 heterocycles. The van der Waals surface area contributed by atoms with Crippen molar-refractivity contribution in [1.82, 2.24) is 15.0 Å². The second-order valence-corrected chi connectivity index (χ2v) is 5.27. The summed E-state index contributed by atoms with van der Waals surface area (Å²) in [5.74, 6) is 0. The molecule has 0 amide bonds. The Bertz CT molecular complexity index is 990. The van der Waals surface area contributed by atoms with Crippen molar-refractivity contribution in [3.63, 3.8) is 0 Å². The normalized spacial score (nSPS) is 10.8. The number of aromatic amines is 1. The number of fused-ring (bicyclic) bond motifs is 1. The minimum atomic E-state index is 0.562. The van der Waals surface area contributed by atoms with Crippen molar-refractivity contribution in [2.45, 2.75) is 0 Å². The molecule has 0 aliphatic rings. The molecule has 1 N–H and O–H groups in total. The maximum atomic E-state index is 11.2. The molecule has 4 rings (SSSR count). The summed E-state index contributed by atoms with van der Waals surface area (Å²) in [5.41, 5.74) is 4.99. The van der Waals surface area contributed by atoms with Gasteiger partial charge in [-0.15, -0.1) is 0 Å². The number of H-pyrrole nitrogens is 1. The molecule has 23 heavy (non-hydrogen) atoms. The van der Waals surface area contributed by atoms with E-state index >= 15 is 0 Å². The highest BCUT2D eigenvalue weighted by Crippen LogP contribution is 2.27. The smallest absolute Gasteiger partial charge is 0.152 e. The number of pyridine rings is 2. The zero-order valence-electron chi connectivity index (χ0n) is 12.2. The molecule has 0 aliphatic carbocycles. The van der Waals surface area contributed by atoms with Crippen molar-refractivity contribution in [2.24, 2.45) is 0 Å². The van der Waals surface area contributed by atoms with Gasteiger partial charge >= 0.3 is 0 Å². The molecule has 0 bridgehead atoms. The van der Waals surface area contributed by atoms with Gasteiger partial charge in [-0.25, -0.2) is 4.98 Å². The summed E-state index contributed by atoms with van der Waals surface area (Å²) < 4.78 is 0. The van der Waals surface area contributed by atoms with Gasteiger partial charge in [0.1, 0.15) is 5.65 Å². The van der Waals surface area contributed by atoms with Crippen molar-refractivity contribution in [1.29, 1.82) is 0 Å². The quantitative estimate of drug-likeness (QED) is 0.579. The molecule has 0 aliphatic heterocycles. The van der Waals surface area contributed by atoms with Gasteiger partial charge in [0.25, 0.3) is 0 Å². The highest BCUT2D eigenvalue weighted by molar-refractivity contribution is 5.90. The summed E-state index contributed by atoms with van der Waals surface area (Å²) in [7, 11) is 0. The lowest BCUT2D eigenvalue weighted by molar-refractivity contribution is 0.112. The molecule has 0 saturated heterocycles. The van der Waals surface area contributed by atoms with Gasteiger partial charge < -0.3 is 4.98 Å². The van der Waals surface area contributed by atoms with E-state index in [2.05, 4.69) is 33.2 Å². The van der Waals surface area contributed by atoms with Crippen LogP contribution in [0.5, 0.6) is 0 Å². The molecular formula is C19H13N3O. The Balaban J connectivity index is 1.84. The highest BCUT2D eigenvalue weighted by atomic mass is 16.1. The van der Waals surface area contributed by atoms with Gasteiger partial charge in [-0.05, 0) is 29.8 Å². The number of rotatable bonds is 3. The summed E-state index contributed by atoms with van der Waals surface area (Å²) in [4.78, 5) is 23.3. The number of aromatic nitrogens is 3. The van der Waals surface area contributed by atoms with Gasteiger partial charge in [-0.3, -0.25) is 9.78 Å². The van der Waals surface area contributed by atoms with Gasteiger partial charge in [-0.2, -0.15) is 0 Å². The maximum Gasteiger partial charge on any atom is 0.152 e. The van der Waals surface area contributed by atoms with Crippen molar-refractivity contribution in [2.75, 3.05) is 0 Å². The summed E-state index contributed by atoms with van der Waals surface area (Å²) in [5, 5.41) is 0.990. The largest absolute Gasteiger partial charge is 0.339 e. The van der Waals surface area contributed by atoms with E-state index in [1.165, 1.54) is 0 Å². The number of hydrogen-bond acceptors (Lipinski definition) is 3. The SMILES string of the molecule is O=Cc1cccnc1-c1cnc2[nH]c(-c3ccccc3)cc2c1. The first-order chi connectivity index (χ1) is 11.3. The monoisotopic (exact) mass is 299 g/mol. The van der Waals surface area contributed by atoms with Gasteiger partial charge in [0.2, 0.25) is 0 Å². The first kappa shape index (κ1) is 13.4. The van der Waals surface area contributed by atoms with E-state index in [-0.39, 0.29) is 0 Å². The zero-order valence-corrected chi connectivity index (χ0v) is 12.2. The van der Waals surface area contributed by atoms with Crippen LogP contribution in [-0.2, 0) is 0 Å². The molecule has 0 saturated carbocycles. The number of carbonyl (C=O) groups is 1. The van der Waals surface area contributed by atoms with Crippen molar-refractivity contribution < 1.29 is 4.79 Å². The minimum absolute atomic E-state index is 0.562. The number of nitrogens with one attached hydrogen (secondary N) is 1. The Morgan fingerprint density at radius 1 is 0.913 bits per heavy atom. The van der Waals surface area contributed by atoms with Crippen LogP contribution in [0.25, 0.3) is 33.5 Å². The number of hydrogen-bond donors (Lipinski definition) is 1. The molecule has 110 valence electrons. The topological polar surface area (TPSA) is 58.6 Å². The molecule has 4 aromatic rings. The first-order valence-electron chi connectivity index (χ1n) is 7.30. The van der Waals surface area contributed by atoms with E-state index in [4.69, 9.17) is 0 Å². The molecular weight excluding hydrogens is 286 g/mol. The van der Waals surface area contributed by atoms with Gasteiger partial charge in [0.15, 0.2) is 6.29 Å². The molecule has 1 aromatic carbocycles. The molecule has 0 radical (unpaired) electrons. The lowest BCUT2D eigenvalue weighted by Gasteiger charge is -2.02. The van der Waals surface area contributed by atoms with E-state index < -0.39 is 0 Å². The molecule has 0 fully saturated rings. The molecule has 4 heteroatoms. The van der Waals surface area contributed by atoms with Crippen LogP contribution < -0.4 is 0 Å². The summed E-state index contributed by atoms with van der Waals surface area (Å²) in [6.45, 7) is 0. The van der Waals surface area contributed by atoms with Crippen molar-refractivity contribution in [3.8, 4) is 22.5 Å². The average Bonchev–Trinajstić information content (AvgIpc) is 3.05. The highest BCUT2D eigenvalue weighted by Gasteiger charge is 2.09. The summed E-state index contributed by atoms with van der Waals surface area (Å²) in [6.07, 6.45) is 4.24. The van der Waals surface area contributed by atoms with Crippen LogP contribution in [-0.4, -0.2) is 21.2 Å². The van der Waals surface area contributed by atoms with E-state index in [0.717, 1.165) is 34.1 Å². The maximum absolute atomic E-state index is 11.2. The van der Waals surface area contributed by atoms with Gasteiger partial charge in [0.05, 0.1) is 5.69 Å². The fourth-order valence-corrected chi connectivity index (χ4v) is 2.67. The third-order valence-electron chi connectivity index (χ3n) is 3.79. The van der Waals surface area contributed by atoms with Crippen LogP contribution in [0, 0.1) is 0 Å². The van der Waals surface area contributed by atoms with Crippen LogP contribution >= 0.6 is 0 Å². The van der Waals surface area contributed by atoms with Gasteiger partial charge in [0, 0.05) is 34.6 Å². The summed E-state index contributed by atoms with van der Waals surface area (Å²) >= 11 is 0. The second-order valence-electron chi connectivity index (χ2n) is 5.27. The predicted molar refractivity (Wildman–Crippen MR) is 90.1 cm³/mol. The summed E-state index contributed by atoms with van der Waals surface area (Å²) in [6, 6.07) is 17.7. The van der Waals surface area contributed by atoms with Crippen molar-refractivity contribution in [3.05, 3.63) is 72.6 Å². The van der Waals surface area contributed by atoms with Crippen LogP contribution in [0.15, 0.2) is 67.0 Å². The lowest BCUT2D eigenvalue weighted by atomic mass is 10.1. The Hall–Kier alpha value is -3.27. The second kappa shape index (κ2) is 5.50. The average molecular weight is 299 g/mol. The third kappa shape index (κ3) is 2.40.